The smallest absolute Gasteiger partial charge is 0.0723 e. The van der Waals surface area contributed by atoms with Gasteiger partial charge in [-0.1, -0.05) is 109 Å². The number of hydrogen-bond donors (Lipinski definition) is 0. The summed E-state index contributed by atoms with van der Waals surface area (Å²) in [4.78, 5) is 15.1. The van der Waals surface area contributed by atoms with E-state index in [1.807, 2.05) is 0 Å². The maximum Gasteiger partial charge on any atom is 0.0723 e. The van der Waals surface area contributed by atoms with Crippen LogP contribution >= 0.6 is 23.5 Å². The molecule has 1 aliphatic rings. The molecule has 1 saturated carbocycles. The summed E-state index contributed by atoms with van der Waals surface area (Å²) < 4.78 is 0. The van der Waals surface area contributed by atoms with Gasteiger partial charge in [-0.25, -0.2) is 0 Å². The van der Waals surface area contributed by atoms with Gasteiger partial charge in [0.15, 0.2) is 0 Å². The van der Waals surface area contributed by atoms with Crippen molar-refractivity contribution < 1.29 is 0 Å². The van der Waals surface area contributed by atoms with Crippen molar-refractivity contribution in [2.24, 2.45) is 9.98 Å². The van der Waals surface area contributed by atoms with Crippen molar-refractivity contribution >= 4 is 36.0 Å². The lowest BCUT2D eigenvalue weighted by molar-refractivity contribution is 0.390. The molecule has 4 aromatic carbocycles. The Hall–Kier alpha value is -3.08. The Balaban J connectivity index is 1.31. The zero-order valence-corrected chi connectivity index (χ0v) is 21.9. The van der Waals surface area contributed by atoms with Crippen molar-refractivity contribution in [2.45, 2.75) is 57.3 Å². The number of rotatable bonds is 8. The number of hydrogen-bond acceptors (Lipinski definition) is 4. The molecule has 0 spiro atoms. The van der Waals surface area contributed by atoms with Crippen LogP contribution in [0.1, 0.15) is 36.8 Å². The van der Waals surface area contributed by atoms with Gasteiger partial charge in [-0.3, -0.25) is 9.98 Å². The summed E-state index contributed by atoms with van der Waals surface area (Å²) in [5, 5.41) is 0. The fourth-order valence-electron chi connectivity index (χ4n) is 4.38. The van der Waals surface area contributed by atoms with Crippen LogP contribution in [-0.4, -0.2) is 24.5 Å². The third kappa shape index (κ3) is 6.77. The molecule has 0 bridgehead atoms. The van der Waals surface area contributed by atoms with E-state index in [9.17, 15) is 0 Å². The summed E-state index contributed by atoms with van der Waals surface area (Å²) in [5.74, 6) is 0. The fraction of sp³-hybridized carbons (Fsp3) is 0.188. The molecular weight excluding hydrogens is 477 g/mol. The first-order chi connectivity index (χ1) is 17.8. The van der Waals surface area contributed by atoms with Gasteiger partial charge in [-0.15, -0.1) is 0 Å². The van der Waals surface area contributed by atoms with Gasteiger partial charge in [-0.2, -0.15) is 0 Å². The van der Waals surface area contributed by atoms with Gasteiger partial charge in [0.1, 0.15) is 0 Å². The quantitative estimate of drug-likeness (QED) is 0.223. The molecule has 36 heavy (non-hydrogen) atoms. The molecule has 2 nitrogen and oxygen atoms in total. The first kappa shape index (κ1) is 24.6. The molecule has 0 aliphatic heterocycles. The summed E-state index contributed by atoms with van der Waals surface area (Å²) in [6, 6.07) is 38.5. The maximum atomic E-state index is 5.08. The van der Waals surface area contributed by atoms with Crippen molar-refractivity contribution in [3.8, 4) is 0 Å². The Bertz CT molecular complexity index is 1200. The minimum absolute atomic E-state index is 0.221. The van der Waals surface area contributed by atoms with Crippen LogP contribution < -0.4 is 0 Å². The van der Waals surface area contributed by atoms with Crippen LogP contribution in [0.4, 0.5) is 0 Å². The largest absolute Gasteiger partial charge is 0.287 e. The zero-order valence-electron chi connectivity index (χ0n) is 20.2. The average Bonchev–Trinajstić information content (AvgIpc) is 2.94. The van der Waals surface area contributed by atoms with E-state index >= 15 is 0 Å². The highest BCUT2D eigenvalue weighted by Gasteiger charge is 2.23. The summed E-state index contributed by atoms with van der Waals surface area (Å²) in [6.07, 6.45) is 8.76. The lowest BCUT2D eigenvalue weighted by Crippen LogP contribution is -2.27. The molecule has 0 heterocycles. The summed E-state index contributed by atoms with van der Waals surface area (Å²) in [6.45, 7) is 0. The van der Waals surface area contributed by atoms with Crippen molar-refractivity contribution in [1.29, 1.82) is 0 Å². The number of aliphatic imine (C=N–C) groups is 2. The van der Waals surface area contributed by atoms with Gasteiger partial charge in [-0.05, 0) is 49.2 Å². The van der Waals surface area contributed by atoms with E-state index in [-0.39, 0.29) is 12.1 Å². The van der Waals surface area contributed by atoms with E-state index in [0.29, 0.717) is 0 Å². The Labute approximate surface area is 223 Å². The molecule has 0 unspecified atom stereocenters. The second kappa shape index (κ2) is 12.8. The van der Waals surface area contributed by atoms with Gasteiger partial charge in [0.2, 0.25) is 0 Å². The van der Waals surface area contributed by atoms with Crippen molar-refractivity contribution in [3.63, 3.8) is 0 Å². The second-order valence-corrected chi connectivity index (χ2v) is 11.1. The SMILES string of the molecule is C(=N[C@@H]1CCCC[C@H]1N=Cc1ccccc1Sc1ccccc1)c1ccccc1Sc1ccccc1. The molecule has 1 fully saturated rings. The molecule has 0 amide bonds. The molecule has 2 atom stereocenters. The first-order valence-electron chi connectivity index (χ1n) is 12.6. The summed E-state index contributed by atoms with van der Waals surface area (Å²) >= 11 is 3.58. The van der Waals surface area contributed by atoms with Crippen molar-refractivity contribution in [3.05, 3.63) is 120 Å². The summed E-state index contributed by atoms with van der Waals surface area (Å²) in [7, 11) is 0. The molecule has 5 rings (SSSR count). The highest BCUT2D eigenvalue weighted by Crippen LogP contribution is 2.31. The van der Waals surface area contributed by atoms with Crippen LogP contribution in [0.2, 0.25) is 0 Å². The Morgan fingerprint density at radius 2 is 0.889 bits per heavy atom. The topological polar surface area (TPSA) is 24.7 Å². The molecular formula is C32H30N2S2. The van der Waals surface area contributed by atoms with Gasteiger partial charge in [0.25, 0.3) is 0 Å². The Morgan fingerprint density at radius 1 is 0.500 bits per heavy atom. The van der Waals surface area contributed by atoms with Gasteiger partial charge < -0.3 is 0 Å². The van der Waals surface area contributed by atoms with Crippen LogP contribution in [0, 0.1) is 0 Å². The van der Waals surface area contributed by atoms with Crippen molar-refractivity contribution in [1.82, 2.24) is 0 Å². The van der Waals surface area contributed by atoms with E-state index < -0.39 is 0 Å². The standard InChI is InChI=1S/C32H30N2S2/c1-3-15-27(16-4-1)35-31-21-11-7-13-25(31)23-33-29-19-9-10-20-30(29)34-24-26-14-8-12-22-32(26)36-28-17-5-2-6-18-28/h1-8,11-18,21-24,29-30H,9-10,19-20H2/t29-,30-/m1/s1. The van der Waals surface area contributed by atoms with Crippen molar-refractivity contribution in [2.75, 3.05) is 0 Å². The Morgan fingerprint density at radius 3 is 1.33 bits per heavy atom. The van der Waals surface area contributed by atoms with E-state index in [2.05, 4.69) is 122 Å². The second-order valence-electron chi connectivity index (χ2n) is 8.88. The monoisotopic (exact) mass is 506 g/mol. The minimum atomic E-state index is 0.221. The van der Waals surface area contributed by atoms with Crippen LogP contribution in [-0.2, 0) is 0 Å². The first-order valence-corrected chi connectivity index (χ1v) is 14.2. The van der Waals surface area contributed by atoms with E-state index in [4.69, 9.17) is 9.98 Å². The number of benzene rings is 4. The third-order valence-corrected chi connectivity index (χ3v) is 8.48. The van der Waals surface area contributed by atoms with Crippen LogP contribution in [0.3, 0.4) is 0 Å². The average molecular weight is 507 g/mol. The molecule has 1 aliphatic carbocycles. The van der Waals surface area contributed by atoms with E-state index in [1.165, 1.54) is 43.6 Å². The lowest BCUT2D eigenvalue weighted by atomic mass is 9.91. The van der Waals surface area contributed by atoms with E-state index in [1.54, 1.807) is 23.5 Å². The fourth-order valence-corrected chi connectivity index (χ4v) is 6.25. The maximum absolute atomic E-state index is 5.08. The Kier molecular flexibility index (Phi) is 8.72. The predicted molar refractivity (Wildman–Crippen MR) is 155 cm³/mol. The molecule has 0 aromatic heterocycles. The van der Waals surface area contributed by atoms with Crippen LogP contribution in [0.15, 0.2) is 139 Å². The lowest BCUT2D eigenvalue weighted by Gasteiger charge is -2.25. The van der Waals surface area contributed by atoms with Gasteiger partial charge in [0, 0.05) is 43.1 Å². The normalized spacial score (nSPS) is 18.1. The molecule has 0 saturated heterocycles. The minimum Gasteiger partial charge on any atom is -0.287 e. The molecule has 0 N–H and O–H groups in total. The zero-order chi connectivity index (χ0) is 24.4. The third-order valence-electron chi connectivity index (χ3n) is 6.28. The molecule has 180 valence electrons. The predicted octanol–water partition coefficient (Wildman–Crippen LogP) is 8.84. The van der Waals surface area contributed by atoms with Crippen LogP contribution in [0.5, 0.6) is 0 Å². The van der Waals surface area contributed by atoms with Gasteiger partial charge >= 0.3 is 0 Å². The van der Waals surface area contributed by atoms with Crippen LogP contribution in [0.25, 0.3) is 0 Å². The molecule has 4 aromatic rings. The highest BCUT2D eigenvalue weighted by molar-refractivity contribution is 7.99. The molecule has 4 heteroatoms. The van der Waals surface area contributed by atoms with E-state index in [0.717, 1.165) is 12.8 Å². The summed E-state index contributed by atoms with van der Waals surface area (Å²) in [5.41, 5.74) is 2.34. The highest BCUT2D eigenvalue weighted by atomic mass is 32.2. The number of nitrogens with zero attached hydrogens (tertiary/aromatic N) is 2. The molecule has 0 radical (unpaired) electrons. The van der Waals surface area contributed by atoms with Gasteiger partial charge in [0.05, 0.1) is 12.1 Å².